The number of amides is 2. The van der Waals surface area contributed by atoms with Crippen molar-refractivity contribution in [3.8, 4) is 6.07 Å². The van der Waals surface area contributed by atoms with Crippen LogP contribution >= 0.6 is 0 Å². The van der Waals surface area contributed by atoms with Gasteiger partial charge in [0.1, 0.15) is 11.8 Å². The van der Waals surface area contributed by atoms with E-state index in [0.29, 0.717) is 28.4 Å². The molecule has 2 aromatic rings. The molecule has 2 aliphatic rings. The fourth-order valence-electron chi connectivity index (χ4n) is 3.98. The van der Waals surface area contributed by atoms with Crippen molar-refractivity contribution >= 4 is 17.7 Å². The molecule has 1 aliphatic carbocycles. The number of allylic oxidation sites excluding steroid dienone is 1. The van der Waals surface area contributed by atoms with Gasteiger partial charge in [0, 0.05) is 11.9 Å². The average Bonchev–Trinajstić information content (AvgIpc) is 2.72. The summed E-state index contributed by atoms with van der Waals surface area (Å²) in [6.07, 6.45) is 5.04. The number of anilines is 1. The molecule has 7 heteroatoms. The molecule has 2 amide bonds. The molecule has 1 fully saturated rings. The molecule has 1 N–H and O–H groups in total. The molecule has 0 radical (unpaired) electrons. The Hall–Kier alpha value is -3.66. The number of nitrogens with zero attached hydrogens (tertiary/aromatic N) is 3. The predicted molar refractivity (Wildman–Crippen MR) is 110 cm³/mol. The van der Waals surface area contributed by atoms with E-state index in [1.54, 1.807) is 19.1 Å². The predicted octanol–water partition coefficient (Wildman–Crippen LogP) is 3.94. The standard InChI is InChI=1S/C23H22N4O3/c1-14-20(22(28)30-2)21(17-9-10-18(12-24)25-13-17)26-23(29)27(14)19-8-4-7-16(11-19)15-5-3-6-15/h4,7-11,13,15,21H,3,5-6H2,1-2H3,(H,26,29). The zero-order valence-corrected chi connectivity index (χ0v) is 16.9. The maximum absolute atomic E-state index is 13.1. The second-order valence-electron chi connectivity index (χ2n) is 7.52. The van der Waals surface area contributed by atoms with Crippen LogP contribution in [0, 0.1) is 11.3 Å². The topological polar surface area (TPSA) is 95.3 Å². The molecule has 1 aromatic carbocycles. The molecule has 1 saturated carbocycles. The van der Waals surface area contributed by atoms with Gasteiger partial charge in [-0.25, -0.2) is 14.6 Å². The van der Waals surface area contributed by atoms with E-state index in [1.165, 1.54) is 30.2 Å². The Morgan fingerprint density at radius 2 is 2.07 bits per heavy atom. The van der Waals surface area contributed by atoms with E-state index in [-0.39, 0.29) is 11.7 Å². The van der Waals surface area contributed by atoms with E-state index < -0.39 is 12.0 Å². The highest BCUT2D eigenvalue weighted by molar-refractivity contribution is 6.03. The molecule has 1 aromatic heterocycles. The third kappa shape index (κ3) is 3.41. The summed E-state index contributed by atoms with van der Waals surface area (Å²) in [7, 11) is 1.31. The lowest BCUT2D eigenvalue weighted by atomic mass is 9.80. The number of esters is 1. The maximum atomic E-state index is 13.1. The van der Waals surface area contributed by atoms with Crippen molar-refractivity contribution in [2.24, 2.45) is 0 Å². The molecule has 152 valence electrons. The minimum atomic E-state index is -0.712. The van der Waals surface area contributed by atoms with Gasteiger partial charge in [-0.1, -0.05) is 24.6 Å². The number of nitrogens with one attached hydrogen (secondary N) is 1. The van der Waals surface area contributed by atoms with E-state index in [2.05, 4.69) is 16.4 Å². The number of urea groups is 1. The molecular formula is C23H22N4O3. The van der Waals surface area contributed by atoms with Crippen LogP contribution < -0.4 is 10.2 Å². The van der Waals surface area contributed by atoms with Crippen LogP contribution in [-0.2, 0) is 9.53 Å². The molecule has 0 spiro atoms. The summed E-state index contributed by atoms with van der Waals surface area (Å²) in [6, 6.07) is 12.1. The number of carbonyl (C=O) groups is 2. The number of rotatable bonds is 4. The van der Waals surface area contributed by atoms with Gasteiger partial charge in [0.2, 0.25) is 0 Å². The number of hydrogen-bond acceptors (Lipinski definition) is 5. The second-order valence-corrected chi connectivity index (χ2v) is 7.52. The zero-order chi connectivity index (χ0) is 21.3. The van der Waals surface area contributed by atoms with E-state index in [0.717, 1.165) is 12.8 Å². The number of benzene rings is 1. The van der Waals surface area contributed by atoms with Gasteiger partial charge in [0.25, 0.3) is 0 Å². The molecule has 30 heavy (non-hydrogen) atoms. The lowest BCUT2D eigenvalue weighted by Crippen LogP contribution is -2.48. The third-order valence-corrected chi connectivity index (χ3v) is 5.83. The summed E-state index contributed by atoms with van der Waals surface area (Å²) in [5.41, 5.74) is 3.62. The first-order chi connectivity index (χ1) is 14.5. The largest absolute Gasteiger partial charge is 0.466 e. The summed E-state index contributed by atoms with van der Waals surface area (Å²) in [4.78, 5) is 31.3. The summed E-state index contributed by atoms with van der Waals surface area (Å²) >= 11 is 0. The van der Waals surface area contributed by atoms with Gasteiger partial charge in [0.05, 0.1) is 24.4 Å². The Labute approximate surface area is 175 Å². The van der Waals surface area contributed by atoms with Crippen LogP contribution in [0.25, 0.3) is 0 Å². The number of aromatic nitrogens is 1. The molecule has 0 bridgehead atoms. The minimum absolute atomic E-state index is 0.260. The lowest BCUT2D eigenvalue weighted by molar-refractivity contribution is -0.136. The van der Waals surface area contributed by atoms with Crippen molar-refractivity contribution in [3.63, 3.8) is 0 Å². The monoisotopic (exact) mass is 402 g/mol. The zero-order valence-electron chi connectivity index (χ0n) is 16.9. The van der Waals surface area contributed by atoms with Gasteiger partial charge in [-0.15, -0.1) is 0 Å². The van der Waals surface area contributed by atoms with Crippen molar-refractivity contribution in [2.75, 3.05) is 12.0 Å². The molecule has 0 saturated heterocycles. The number of pyridine rings is 1. The van der Waals surface area contributed by atoms with Crippen LogP contribution in [0.3, 0.4) is 0 Å². The first kappa shape index (κ1) is 19.6. The first-order valence-corrected chi connectivity index (χ1v) is 9.89. The van der Waals surface area contributed by atoms with Gasteiger partial charge in [-0.05, 0) is 55.0 Å². The van der Waals surface area contributed by atoms with Gasteiger partial charge >= 0.3 is 12.0 Å². The third-order valence-electron chi connectivity index (χ3n) is 5.83. The molecule has 1 unspecified atom stereocenters. The van der Waals surface area contributed by atoms with E-state index >= 15 is 0 Å². The quantitative estimate of drug-likeness (QED) is 0.782. The van der Waals surface area contributed by atoms with Crippen LogP contribution in [-0.4, -0.2) is 24.1 Å². The normalized spacial score (nSPS) is 19.0. The van der Waals surface area contributed by atoms with Crippen molar-refractivity contribution in [2.45, 2.75) is 38.1 Å². The molecule has 4 rings (SSSR count). The smallest absolute Gasteiger partial charge is 0.337 e. The summed E-state index contributed by atoms with van der Waals surface area (Å²) in [5, 5.41) is 11.9. The Kier molecular flexibility index (Phi) is 5.23. The van der Waals surface area contributed by atoms with E-state index in [9.17, 15) is 9.59 Å². The van der Waals surface area contributed by atoms with Gasteiger partial charge in [0.15, 0.2) is 0 Å². The Bertz CT molecular complexity index is 1060. The molecule has 1 atom stereocenters. The van der Waals surface area contributed by atoms with Gasteiger partial charge in [-0.2, -0.15) is 5.26 Å². The number of nitriles is 1. The summed E-state index contributed by atoms with van der Waals surface area (Å²) < 4.78 is 5.02. The highest BCUT2D eigenvalue weighted by Gasteiger charge is 2.37. The van der Waals surface area contributed by atoms with E-state index in [1.807, 2.05) is 24.3 Å². The van der Waals surface area contributed by atoms with Crippen molar-refractivity contribution < 1.29 is 14.3 Å². The number of carbonyl (C=O) groups excluding carboxylic acids is 2. The number of ether oxygens (including phenoxy) is 1. The van der Waals surface area contributed by atoms with Crippen LogP contribution in [0.4, 0.5) is 10.5 Å². The SMILES string of the molecule is COC(=O)C1=C(C)N(c2cccc(C3CCC3)c2)C(=O)NC1c1ccc(C#N)nc1. The lowest BCUT2D eigenvalue weighted by Gasteiger charge is -2.35. The van der Waals surface area contributed by atoms with E-state index in [4.69, 9.17) is 10.00 Å². The van der Waals surface area contributed by atoms with Crippen molar-refractivity contribution in [1.29, 1.82) is 5.26 Å². The Morgan fingerprint density at radius 3 is 2.67 bits per heavy atom. The molecular weight excluding hydrogens is 380 g/mol. The van der Waals surface area contributed by atoms with Crippen molar-refractivity contribution in [3.05, 3.63) is 70.7 Å². The summed E-state index contributed by atoms with van der Waals surface area (Å²) in [6.45, 7) is 1.74. The fraction of sp³-hybridized carbons (Fsp3) is 0.304. The Balaban J connectivity index is 1.77. The number of methoxy groups -OCH3 is 1. The average molecular weight is 402 g/mol. The first-order valence-electron chi connectivity index (χ1n) is 9.89. The molecule has 2 heterocycles. The molecule has 7 nitrogen and oxygen atoms in total. The Morgan fingerprint density at radius 1 is 1.27 bits per heavy atom. The summed E-state index contributed by atoms with van der Waals surface area (Å²) in [5.74, 6) is 0.00152. The maximum Gasteiger partial charge on any atom is 0.337 e. The highest BCUT2D eigenvalue weighted by Crippen LogP contribution is 2.39. The molecule has 1 aliphatic heterocycles. The van der Waals surface area contributed by atoms with Crippen LogP contribution in [0.1, 0.15) is 55.0 Å². The highest BCUT2D eigenvalue weighted by atomic mass is 16.5. The van der Waals surface area contributed by atoms with Gasteiger partial charge < -0.3 is 10.1 Å². The van der Waals surface area contributed by atoms with Crippen molar-refractivity contribution in [1.82, 2.24) is 10.3 Å². The van der Waals surface area contributed by atoms with Crippen LogP contribution in [0.15, 0.2) is 53.9 Å². The second kappa shape index (κ2) is 7.99. The number of hydrogen-bond donors (Lipinski definition) is 1. The van der Waals surface area contributed by atoms with Gasteiger partial charge in [-0.3, -0.25) is 4.90 Å². The van der Waals surface area contributed by atoms with Crippen LogP contribution in [0.2, 0.25) is 0 Å². The van der Waals surface area contributed by atoms with Crippen LogP contribution in [0.5, 0.6) is 0 Å². The minimum Gasteiger partial charge on any atom is -0.466 e. The fourth-order valence-corrected chi connectivity index (χ4v) is 3.98.